The molecule has 2 aromatic rings. The Balaban J connectivity index is 0.000000717. The number of hydrogen-bond donors (Lipinski definition) is 2. The summed E-state index contributed by atoms with van der Waals surface area (Å²) in [6, 6.07) is 5.28. The standard InChI is InChI=1S/C16H13BrF2N2O2.CH2O3.Na/c1-9-5-10(14-11(18)3-2-4-12(14)19)15(20-7-9)16(8-22)6-13(17)21-23-16;2-1(3)4;/h2-5,7,22H,6,8H2,1H3;(H2,2,3,4);/q;;+1/p-1. The fraction of sp³-hybridized carbons (Fsp3) is 0.235. The van der Waals surface area contributed by atoms with E-state index < -0.39 is 30.0 Å². The van der Waals surface area contributed by atoms with E-state index in [0.717, 1.165) is 5.56 Å². The van der Waals surface area contributed by atoms with Crippen molar-refractivity contribution in [3.63, 3.8) is 0 Å². The van der Waals surface area contributed by atoms with Gasteiger partial charge in [-0.15, -0.1) is 0 Å². The van der Waals surface area contributed by atoms with Crippen molar-refractivity contribution in [1.82, 2.24) is 4.98 Å². The second-order valence-electron chi connectivity index (χ2n) is 5.66. The smallest absolute Gasteiger partial charge is 0.565 e. The summed E-state index contributed by atoms with van der Waals surface area (Å²) in [5, 5.41) is 28.9. The first-order chi connectivity index (χ1) is 12.7. The first kappa shape index (κ1) is 24.4. The fourth-order valence-electron chi connectivity index (χ4n) is 2.60. The predicted molar refractivity (Wildman–Crippen MR) is 93.2 cm³/mol. The Bertz CT molecular complexity index is 876. The second-order valence-corrected chi connectivity index (χ2v) is 6.57. The first-order valence-electron chi connectivity index (χ1n) is 7.53. The maximum atomic E-state index is 14.2. The molecule has 1 aromatic heterocycles. The number of rotatable bonds is 3. The van der Waals surface area contributed by atoms with Gasteiger partial charge in [-0.3, -0.25) is 4.98 Å². The van der Waals surface area contributed by atoms with Gasteiger partial charge in [0.25, 0.3) is 0 Å². The number of aromatic nitrogens is 1. The van der Waals surface area contributed by atoms with E-state index in [2.05, 4.69) is 26.1 Å². The molecule has 1 aromatic carbocycles. The Labute approximate surface area is 189 Å². The number of oxime groups is 1. The summed E-state index contributed by atoms with van der Waals surface area (Å²) < 4.78 is 29.0. The van der Waals surface area contributed by atoms with Crippen LogP contribution in [0.2, 0.25) is 0 Å². The van der Waals surface area contributed by atoms with Gasteiger partial charge in [0.15, 0.2) is 0 Å². The minimum Gasteiger partial charge on any atom is -0.565 e. The number of pyridine rings is 1. The normalized spacial score (nSPS) is 17.5. The molecule has 1 aliphatic heterocycles. The van der Waals surface area contributed by atoms with Crippen LogP contribution in [-0.4, -0.2) is 32.6 Å². The molecule has 0 aliphatic carbocycles. The third kappa shape index (κ3) is 5.48. The number of carbonyl (C=O) groups is 1. The Hall–Kier alpha value is -1.59. The fourth-order valence-corrected chi connectivity index (χ4v) is 3.13. The van der Waals surface area contributed by atoms with Crippen LogP contribution in [0, 0.1) is 18.6 Å². The number of halogens is 3. The van der Waals surface area contributed by atoms with E-state index in [1.165, 1.54) is 18.2 Å². The first-order valence-corrected chi connectivity index (χ1v) is 8.32. The maximum absolute atomic E-state index is 14.2. The van der Waals surface area contributed by atoms with Gasteiger partial charge < -0.3 is 25.0 Å². The summed E-state index contributed by atoms with van der Waals surface area (Å²) in [6.45, 7) is 1.34. The molecular weight excluding hydrogens is 453 g/mol. The average Bonchev–Trinajstić information content (AvgIpc) is 2.97. The van der Waals surface area contributed by atoms with E-state index >= 15 is 0 Å². The quantitative estimate of drug-likeness (QED) is 0.591. The summed E-state index contributed by atoms with van der Waals surface area (Å²) in [4.78, 5) is 18.1. The van der Waals surface area contributed by atoms with Gasteiger partial charge in [-0.2, -0.15) is 0 Å². The van der Waals surface area contributed by atoms with Crippen molar-refractivity contribution < 1.29 is 63.3 Å². The minimum atomic E-state index is -2.08. The van der Waals surface area contributed by atoms with Gasteiger partial charge >= 0.3 is 29.6 Å². The largest absolute Gasteiger partial charge is 1.00 e. The molecule has 0 amide bonds. The average molecular weight is 467 g/mol. The molecule has 11 heteroatoms. The molecule has 3 rings (SSSR count). The van der Waals surface area contributed by atoms with Crippen LogP contribution in [0.4, 0.5) is 13.6 Å². The molecule has 0 saturated carbocycles. The van der Waals surface area contributed by atoms with Crippen LogP contribution in [0.3, 0.4) is 0 Å². The molecule has 0 radical (unpaired) electrons. The summed E-state index contributed by atoms with van der Waals surface area (Å²) in [5.41, 5.74) is -0.244. The second kappa shape index (κ2) is 10.3. The number of benzene rings is 1. The number of aliphatic hydroxyl groups excluding tert-OH is 1. The number of hydrogen-bond acceptors (Lipinski definition) is 6. The Morgan fingerprint density at radius 2 is 1.96 bits per heavy atom. The van der Waals surface area contributed by atoms with Crippen molar-refractivity contribution in [2.24, 2.45) is 5.16 Å². The van der Waals surface area contributed by atoms with Crippen LogP contribution in [0.15, 0.2) is 35.6 Å². The molecule has 0 bridgehead atoms. The van der Waals surface area contributed by atoms with E-state index in [1.54, 1.807) is 19.2 Å². The van der Waals surface area contributed by atoms with Crippen LogP contribution in [0.5, 0.6) is 0 Å². The van der Waals surface area contributed by atoms with Crippen LogP contribution >= 0.6 is 15.9 Å². The van der Waals surface area contributed by atoms with Gasteiger partial charge in [0.2, 0.25) is 11.8 Å². The van der Waals surface area contributed by atoms with Gasteiger partial charge in [-0.05, 0) is 46.6 Å². The SMILES string of the molecule is Cc1cnc(C2(CO)CC(Br)=NO2)c(-c2c(F)cccc2F)c1.O=C([O-])O.[Na+]. The molecule has 2 N–H and O–H groups in total. The molecule has 0 spiro atoms. The third-order valence-electron chi connectivity index (χ3n) is 3.69. The Kier molecular flexibility index (Phi) is 8.96. The van der Waals surface area contributed by atoms with E-state index in [4.69, 9.17) is 19.8 Å². The molecule has 7 nitrogen and oxygen atoms in total. The minimum absolute atomic E-state index is 0. The molecule has 2 heterocycles. The van der Waals surface area contributed by atoms with Crippen LogP contribution < -0.4 is 34.7 Å². The molecule has 144 valence electrons. The molecule has 28 heavy (non-hydrogen) atoms. The maximum Gasteiger partial charge on any atom is 1.00 e. The Morgan fingerprint density at radius 3 is 2.43 bits per heavy atom. The number of nitrogens with zero attached hydrogens (tertiary/aromatic N) is 2. The number of carboxylic acid groups (broad SMARTS) is 2. The van der Waals surface area contributed by atoms with Crippen molar-refractivity contribution in [2.75, 3.05) is 6.61 Å². The van der Waals surface area contributed by atoms with E-state index in [9.17, 15) is 13.9 Å². The third-order valence-corrected chi connectivity index (χ3v) is 4.12. The van der Waals surface area contributed by atoms with Crippen molar-refractivity contribution in [3.8, 4) is 11.1 Å². The summed E-state index contributed by atoms with van der Waals surface area (Å²) in [7, 11) is 0. The monoisotopic (exact) mass is 466 g/mol. The van der Waals surface area contributed by atoms with Gasteiger partial charge in [0, 0.05) is 11.8 Å². The number of aliphatic hydroxyl groups is 1. The van der Waals surface area contributed by atoms with E-state index in [0.29, 0.717) is 4.62 Å². The molecule has 1 atom stereocenters. The zero-order valence-electron chi connectivity index (χ0n) is 14.9. The molecular formula is C17H14BrF2N2NaO5. The van der Waals surface area contributed by atoms with E-state index in [-0.39, 0.29) is 52.8 Å². The molecule has 0 saturated heterocycles. The zero-order chi connectivity index (χ0) is 20.2. The van der Waals surface area contributed by atoms with Crippen molar-refractivity contribution >= 4 is 26.7 Å². The topological polar surface area (TPSA) is 115 Å². The molecule has 0 fully saturated rings. The van der Waals surface area contributed by atoms with Crippen molar-refractivity contribution in [1.29, 1.82) is 0 Å². The zero-order valence-corrected chi connectivity index (χ0v) is 18.5. The van der Waals surface area contributed by atoms with Gasteiger partial charge in [-0.1, -0.05) is 11.2 Å². The summed E-state index contributed by atoms with van der Waals surface area (Å²) in [6.07, 6.45) is -0.298. The van der Waals surface area contributed by atoms with Crippen LogP contribution in [0.25, 0.3) is 11.1 Å². The number of aryl methyl sites for hydroxylation is 1. The van der Waals surface area contributed by atoms with E-state index in [1.807, 2.05) is 0 Å². The molecule has 1 unspecified atom stereocenters. The van der Waals surface area contributed by atoms with Gasteiger partial charge in [0.1, 0.15) is 16.3 Å². The van der Waals surface area contributed by atoms with Crippen LogP contribution in [0.1, 0.15) is 17.7 Å². The van der Waals surface area contributed by atoms with Crippen molar-refractivity contribution in [3.05, 3.63) is 53.4 Å². The van der Waals surface area contributed by atoms with Gasteiger partial charge in [-0.25, -0.2) is 8.78 Å². The van der Waals surface area contributed by atoms with Crippen molar-refractivity contribution in [2.45, 2.75) is 18.9 Å². The Morgan fingerprint density at radius 1 is 1.39 bits per heavy atom. The van der Waals surface area contributed by atoms with Crippen LogP contribution in [-0.2, 0) is 10.4 Å². The predicted octanol–water partition coefficient (Wildman–Crippen LogP) is -0.457. The molecule has 1 aliphatic rings. The summed E-state index contributed by atoms with van der Waals surface area (Å²) in [5.74, 6) is -1.41. The summed E-state index contributed by atoms with van der Waals surface area (Å²) >= 11 is 3.21. The van der Waals surface area contributed by atoms with Gasteiger partial charge in [0.05, 0.1) is 24.3 Å².